The van der Waals surface area contributed by atoms with Crippen molar-refractivity contribution in [2.75, 3.05) is 0 Å². The molecule has 70 valence electrons. The van der Waals surface area contributed by atoms with Crippen molar-refractivity contribution in [1.29, 1.82) is 5.26 Å². The molecule has 1 N–H and O–H groups in total. The van der Waals surface area contributed by atoms with E-state index in [4.69, 9.17) is 5.26 Å². The number of aromatic amines is 1. The molecule has 0 saturated heterocycles. The molecule has 1 aromatic rings. The molecule has 0 spiro atoms. The average Bonchev–Trinajstić information content (AvgIpc) is 2.47. The fraction of sp³-hybridized carbons (Fsp3) is 0.429. The van der Waals surface area contributed by atoms with Gasteiger partial charge in [-0.2, -0.15) is 18.4 Å². The highest BCUT2D eigenvalue weighted by Crippen LogP contribution is 2.21. The number of H-pyrrole nitrogens is 1. The molecule has 3 nitrogen and oxygen atoms in total. The first kappa shape index (κ1) is 9.58. The van der Waals surface area contributed by atoms with Crippen LogP contribution in [0.2, 0.25) is 0 Å². The monoisotopic (exact) mass is 189 g/mol. The van der Waals surface area contributed by atoms with Gasteiger partial charge in [0.2, 0.25) is 5.82 Å². The third-order valence-corrected chi connectivity index (χ3v) is 1.41. The Morgan fingerprint density at radius 2 is 2.23 bits per heavy atom. The molecule has 0 bridgehead atoms. The zero-order valence-electron chi connectivity index (χ0n) is 6.52. The maximum Gasteiger partial charge on any atom is 0.389 e. The summed E-state index contributed by atoms with van der Waals surface area (Å²) in [7, 11) is 0. The normalized spacial score (nSPS) is 11.2. The molecule has 0 aliphatic rings. The first-order chi connectivity index (χ1) is 6.01. The van der Waals surface area contributed by atoms with E-state index < -0.39 is 12.6 Å². The Labute approximate surface area is 72.2 Å². The summed E-state index contributed by atoms with van der Waals surface area (Å²) in [6.45, 7) is 0. The number of alkyl halides is 3. The van der Waals surface area contributed by atoms with Crippen LogP contribution in [0.4, 0.5) is 13.2 Å². The lowest BCUT2D eigenvalue weighted by Crippen LogP contribution is -2.08. The van der Waals surface area contributed by atoms with Gasteiger partial charge in [-0.15, -0.1) is 0 Å². The van der Waals surface area contributed by atoms with Gasteiger partial charge in [-0.3, -0.25) is 0 Å². The van der Waals surface area contributed by atoms with Gasteiger partial charge in [0, 0.05) is 18.3 Å². The predicted molar refractivity (Wildman–Crippen MR) is 37.7 cm³/mol. The molecule has 1 rings (SSSR count). The highest BCUT2D eigenvalue weighted by Gasteiger charge is 2.26. The Balaban J connectivity index is 2.52. The fourth-order valence-corrected chi connectivity index (χ4v) is 0.819. The molecule has 0 aliphatic heterocycles. The number of hydrogen-bond donors (Lipinski definition) is 1. The maximum atomic E-state index is 11.7. The van der Waals surface area contributed by atoms with Crippen LogP contribution in [0.25, 0.3) is 0 Å². The lowest BCUT2D eigenvalue weighted by Gasteiger charge is -2.03. The minimum Gasteiger partial charge on any atom is -0.333 e. The maximum absolute atomic E-state index is 11.7. The van der Waals surface area contributed by atoms with E-state index in [0.29, 0.717) is 5.69 Å². The molecule has 1 heterocycles. The highest BCUT2D eigenvalue weighted by atomic mass is 19.4. The van der Waals surface area contributed by atoms with E-state index in [0.717, 1.165) is 0 Å². The second kappa shape index (κ2) is 3.47. The molecule has 1 aromatic heterocycles. The molecule has 0 radical (unpaired) electrons. The van der Waals surface area contributed by atoms with E-state index in [1.54, 1.807) is 6.07 Å². The minimum absolute atomic E-state index is 0.0391. The molecular formula is C7H6F3N3. The third-order valence-electron chi connectivity index (χ3n) is 1.41. The van der Waals surface area contributed by atoms with Crippen LogP contribution in [-0.4, -0.2) is 16.1 Å². The number of nitriles is 1. The zero-order valence-corrected chi connectivity index (χ0v) is 6.52. The number of imidazole rings is 1. The Morgan fingerprint density at radius 3 is 2.69 bits per heavy atom. The molecule has 0 fully saturated rings. The van der Waals surface area contributed by atoms with Gasteiger partial charge in [-0.25, -0.2) is 4.98 Å². The second-order valence-electron chi connectivity index (χ2n) is 2.48. The van der Waals surface area contributed by atoms with E-state index in [1.165, 1.54) is 6.20 Å². The number of aromatic nitrogens is 2. The Morgan fingerprint density at radius 1 is 1.54 bits per heavy atom. The summed E-state index contributed by atoms with van der Waals surface area (Å²) in [4.78, 5) is 6.01. The van der Waals surface area contributed by atoms with Crippen molar-refractivity contribution in [1.82, 2.24) is 9.97 Å². The third kappa shape index (κ3) is 3.15. The summed E-state index contributed by atoms with van der Waals surface area (Å²) in [5, 5.41) is 8.31. The minimum atomic E-state index is -4.17. The van der Waals surface area contributed by atoms with E-state index in [1.807, 2.05) is 0 Å². The van der Waals surface area contributed by atoms with Crippen molar-refractivity contribution >= 4 is 0 Å². The van der Waals surface area contributed by atoms with E-state index in [2.05, 4.69) is 9.97 Å². The number of aryl methyl sites for hydroxylation is 1. The van der Waals surface area contributed by atoms with Crippen LogP contribution in [0, 0.1) is 11.3 Å². The summed E-state index contributed by atoms with van der Waals surface area (Å²) in [5.41, 5.74) is 0.328. The molecule has 13 heavy (non-hydrogen) atoms. The molecule has 0 unspecified atom stereocenters. The summed E-state index contributed by atoms with van der Waals surface area (Å²) >= 11 is 0. The molecule has 0 aromatic carbocycles. The molecule has 0 amide bonds. The highest BCUT2D eigenvalue weighted by molar-refractivity contribution is 5.13. The zero-order chi connectivity index (χ0) is 9.90. The smallest absolute Gasteiger partial charge is 0.333 e. The van der Waals surface area contributed by atoms with Gasteiger partial charge in [0.25, 0.3) is 0 Å². The molecule has 0 aliphatic carbocycles. The van der Waals surface area contributed by atoms with Gasteiger partial charge in [0.15, 0.2) is 0 Å². The number of nitrogens with zero attached hydrogens (tertiary/aromatic N) is 2. The molecular weight excluding hydrogens is 183 g/mol. The van der Waals surface area contributed by atoms with Crippen LogP contribution < -0.4 is 0 Å². The van der Waals surface area contributed by atoms with Crippen LogP contribution in [0.1, 0.15) is 17.9 Å². The predicted octanol–water partition coefficient (Wildman–Crippen LogP) is 1.78. The van der Waals surface area contributed by atoms with Crippen molar-refractivity contribution in [3.63, 3.8) is 0 Å². The van der Waals surface area contributed by atoms with Gasteiger partial charge in [0.05, 0.1) is 0 Å². The van der Waals surface area contributed by atoms with Crippen molar-refractivity contribution < 1.29 is 13.2 Å². The SMILES string of the molecule is N#Cc1ncc(CCC(F)(F)F)[nH]1. The first-order valence-corrected chi connectivity index (χ1v) is 3.52. The van der Waals surface area contributed by atoms with Crippen molar-refractivity contribution in [2.45, 2.75) is 19.0 Å². The summed E-state index contributed by atoms with van der Waals surface area (Å²) in [6.07, 6.45) is -4.00. The number of rotatable bonds is 2. The van der Waals surface area contributed by atoms with Gasteiger partial charge in [0.1, 0.15) is 6.07 Å². The molecule has 0 saturated carbocycles. The summed E-state index contributed by atoms with van der Waals surface area (Å²) in [5.74, 6) is 0.0391. The quantitative estimate of drug-likeness (QED) is 0.770. The fourth-order valence-electron chi connectivity index (χ4n) is 0.819. The summed E-state index contributed by atoms with van der Waals surface area (Å²) in [6, 6.07) is 1.70. The lowest BCUT2D eigenvalue weighted by atomic mass is 10.2. The van der Waals surface area contributed by atoms with E-state index in [9.17, 15) is 13.2 Å². The molecule has 0 atom stereocenters. The van der Waals surface area contributed by atoms with Crippen LogP contribution in [-0.2, 0) is 6.42 Å². The Kier molecular flexibility index (Phi) is 2.56. The second-order valence-corrected chi connectivity index (χ2v) is 2.48. The van der Waals surface area contributed by atoms with Gasteiger partial charge in [-0.05, 0) is 6.42 Å². The number of hydrogen-bond acceptors (Lipinski definition) is 2. The van der Waals surface area contributed by atoms with Crippen LogP contribution in [0.15, 0.2) is 6.20 Å². The topological polar surface area (TPSA) is 52.5 Å². The van der Waals surface area contributed by atoms with Gasteiger partial charge >= 0.3 is 6.18 Å². The summed E-state index contributed by atoms with van der Waals surface area (Å²) < 4.78 is 35.2. The van der Waals surface area contributed by atoms with E-state index in [-0.39, 0.29) is 12.2 Å². The number of halogens is 3. The largest absolute Gasteiger partial charge is 0.389 e. The van der Waals surface area contributed by atoms with Gasteiger partial charge in [-0.1, -0.05) is 0 Å². The van der Waals surface area contributed by atoms with Crippen molar-refractivity contribution in [3.8, 4) is 6.07 Å². The van der Waals surface area contributed by atoms with Gasteiger partial charge < -0.3 is 4.98 Å². The van der Waals surface area contributed by atoms with Crippen molar-refractivity contribution in [2.24, 2.45) is 0 Å². The van der Waals surface area contributed by atoms with Crippen LogP contribution >= 0.6 is 0 Å². The standard InChI is InChI=1S/C7H6F3N3/c8-7(9,10)2-1-5-4-12-6(3-11)13-5/h4H,1-2H2,(H,12,13). The average molecular weight is 189 g/mol. The Hall–Kier alpha value is -1.51. The van der Waals surface area contributed by atoms with Crippen LogP contribution in [0.3, 0.4) is 0 Å². The van der Waals surface area contributed by atoms with Crippen LogP contribution in [0.5, 0.6) is 0 Å². The first-order valence-electron chi connectivity index (χ1n) is 3.52. The van der Waals surface area contributed by atoms with Crippen molar-refractivity contribution in [3.05, 3.63) is 17.7 Å². The van der Waals surface area contributed by atoms with E-state index >= 15 is 0 Å². The lowest BCUT2D eigenvalue weighted by molar-refractivity contribution is -0.134. The molecule has 6 heteroatoms. The number of nitrogens with one attached hydrogen (secondary N) is 1. The Bertz CT molecular complexity index is 320.